The Labute approximate surface area is 153 Å². The molecule has 7 nitrogen and oxygen atoms in total. The number of benzene rings is 2. The Morgan fingerprint density at radius 3 is 2.41 bits per heavy atom. The van der Waals surface area contributed by atoms with Gasteiger partial charge in [0.25, 0.3) is 0 Å². The van der Waals surface area contributed by atoms with Crippen LogP contribution >= 0.6 is 0 Å². The summed E-state index contributed by atoms with van der Waals surface area (Å²) < 4.78 is 35.9. The molecule has 1 atom stereocenters. The summed E-state index contributed by atoms with van der Waals surface area (Å²) in [7, 11) is 1.61. The van der Waals surface area contributed by atoms with E-state index < -0.39 is 6.61 Å². The van der Waals surface area contributed by atoms with Gasteiger partial charge in [0.05, 0.1) is 7.11 Å². The van der Waals surface area contributed by atoms with E-state index in [1.54, 1.807) is 23.9 Å². The molecule has 1 aliphatic rings. The van der Waals surface area contributed by atoms with Crippen LogP contribution in [-0.2, 0) is 0 Å². The topological polar surface area (TPSA) is 74.1 Å². The van der Waals surface area contributed by atoms with Gasteiger partial charge >= 0.3 is 6.61 Å². The van der Waals surface area contributed by atoms with Gasteiger partial charge in [-0.3, -0.25) is 0 Å². The van der Waals surface area contributed by atoms with E-state index in [1.165, 1.54) is 12.1 Å². The van der Waals surface area contributed by atoms with Crippen LogP contribution in [0.3, 0.4) is 0 Å². The third-order valence-electron chi connectivity index (χ3n) is 4.18. The Balaban J connectivity index is 1.67. The van der Waals surface area contributed by atoms with Crippen LogP contribution in [0.25, 0.3) is 5.70 Å². The minimum atomic E-state index is -2.85. The Kier molecular flexibility index (Phi) is 4.41. The van der Waals surface area contributed by atoms with Gasteiger partial charge in [-0.25, -0.2) is 0 Å². The molecular weight excluding hydrogens is 356 g/mol. The monoisotopic (exact) mass is 371 g/mol. The predicted molar refractivity (Wildman–Crippen MR) is 93.6 cm³/mol. The highest BCUT2D eigenvalue weighted by atomic mass is 19.3. The van der Waals surface area contributed by atoms with Crippen molar-refractivity contribution in [3.63, 3.8) is 0 Å². The van der Waals surface area contributed by atoms with Gasteiger partial charge in [-0.1, -0.05) is 17.2 Å². The average Bonchev–Trinajstić information content (AvgIpc) is 3.16. The number of hydrogen-bond acceptors (Lipinski definition) is 6. The van der Waals surface area contributed by atoms with E-state index in [4.69, 9.17) is 4.74 Å². The van der Waals surface area contributed by atoms with E-state index in [-0.39, 0.29) is 11.8 Å². The first-order chi connectivity index (χ1) is 13.1. The van der Waals surface area contributed by atoms with Gasteiger partial charge in [-0.2, -0.15) is 13.5 Å². The van der Waals surface area contributed by atoms with Gasteiger partial charge in [0.15, 0.2) is 0 Å². The summed E-state index contributed by atoms with van der Waals surface area (Å²) in [5.74, 6) is 1.34. The molecule has 1 unspecified atom stereocenters. The first-order valence-electron chi connectivity index (χ1n) is 8.10. The number of ether oxygens (including phenoxy) is 2. The van der Waals surface area contributed by atoms with Crippen LogP contribution in [-0.4, -0.2) is 33.9 Å². The number of alkyl halides is 2. The molecule has 1 aliphatic heterocycles. The number of fused-ring (bicyclic) bond motifs is 1. The minimum absolute atomic E-state index is 0.0988. The van der Waals surface area contributed by atoms with Gasteiger partial charge in [0.1, 0.15) is 17.5 Å². The second-order valence-electron chi connectivity index (χ2n) is 5.77. The largest absolute Gasteiger partial charge is 0.497 e. The van der Waals surface area contributed by atoms with Gasteiger partial charge in [0.2, 0.25) is 5.95 Å². The maximum absolute atomic E-state index is 12.3. The summed E-state index contributed by atoms with van der Waals surface area (Å²) >= 11 is 0. The van der Waals surface area contributed by atoms with Crippen LogP contribution in [0.15, 0.2) is 54.6 Å². The van der Waals surface area contributed by atoms with E-state index >= 15 is 0 Å². The molecule has 0 aliphatic carbocycles. The molecule has 3 aromatic rings. The average molecular weight is 371 g/mol. The molecule has 0 fully saturated rings. The molecule has 0 bridgehead atoms. The molecule has 0 radical (unpaired) electrons. The molecule has 9 heteroatoms. The molecule has 138 valence electrons. The van der Waals surface area contributed by atoms with Crippen molar-refractivity contribution in [2.75, 3.05) is 12.4 Å². The zero-order valence-corrected chi connectivity index (χ0v) is 14.2. The zero-order chi connectivity index (χ0) is 18.8. The second kappa shape index (κ2) is 7.02. The molecule has 0 saturated heterocycles. The van der Waals surface area contributed by atoms with E-state index in [1.807, 2.05) is 30.3 Å². The molecule has 2 aromatic carbocycles. The van der Waals surface area contributed by atoms with Crippen LogP contribution < -0.4 is 14.8 Å². The summed E-state index contributed by atoms with van der Waals surface area (Å²) in [4.78, 5) is 0. The zero-order valence-electron chi connectivity index (χ0n) is 14.2. The first kappa shape index (κ1) is 17.0. The van der Waals surface area contributed by atoms with Crippen molar-refractivity contribution in [3.05, 3.63) is 65.7 Å². The number of allylic oxidation sites excluding steroid dienone is 1. The highest BCUT2D eigenvalue weighted by Gasteiger charge is 2.24. The van der Waals surface area contributed by atoms with Crippen LogP contribution in [0.1, 0.15) is 17.2 Å². The summed E-state index contributed by atoms with van der Waals surface area (Å²) in [5, 5.41) is 14.9. The van der Waals surface area contributed by atoms with Crippen molar-refractivity contribution in [1.29, 1.82) is 0 Å². The molecule has 2 heterocycles. The summed E-state index contributed by atoms with van der Waals surface area (Å²) in [6, 6.07) is 13.8. The van der Waals surface area contributed by atoms with Gasteiger partial charge < -0.3 is 14.8 Å². The quantitative estimate of drug-likeness (QED) is 0.742. The van der Waals surface area contributed by atoms with Crippen LogP contribution in [0, 0.1) is 0 Å². The lowest BCUT2D eigenvalue weighted by atomic mass is 10.0. The molecule has 0 spiro atoms. The lowest BCUT2D eigenvalue weighted by Gasteiger charge is -2.23. The highest BCUT2D eigenvalue weighted by molar-refractivity contribution is 5.77. The van der Waals surface area contributed by atoms with Crippen molar-refractivity contribution in [2.24, 2.45) is 0 Å². The van der Waals surface area contributed by atoms with Crippen molar-refractivity contribution < 1.29 is 18.3 Å². The smallest absolute Gasteiger partial charge is 0.387 e. The number of nitrogens with one attached hydrogen (secondary N) is 1. The fraction of sp³-hybridized carbons (Fsp3) is 0.167. The van der Waals surface area contributed by atoms with Crippen molar-refractivity contribution in [2.45, 2.75) is 12.7 Å². The number of rotatable bonds is 5. The van der Waals surface area contributed by atoms with Crippen molar-refractivity contribution >= 4 is 11.6 Å². The standard InChI is InChI=1S/C18H15F2N5O2/c1-26-13-6-4-12(5-7-13)16-10-15(21-18-22-23-24-25(16)18)11-2-8-14(9-3-11)27-17(19)20/h2-10,16-17H,1H3,(H,21,22,24). The molecule has 1 N–H and O–H groups in total. The SMILES string of the molecule is COc1ccc(C2C=C(c3ccc(OC(F)F)cc3)Nc3nnnn32)cc1. The lowest BCUT2D eigenvalue weighted by molar-refractivity contribution is -0.0498. The Hall–Kier alpha value is -3.49. The molecule has 0 amide bonds. The number of aromatic nitrogens is 4. The fourth-order valence-corrected chi connectivity index (χ4v) is 2.88. The van der Waals surface area contributed by atoms with E-state index in [0.717, 1.165) is 22.6 Å². The van der Waals surface area contributed by atoms with Crippen LogP contribution in [0.5, 0.6) is 11.5 Å². The van der Waals surface area contributed by atoms with Crippen LogP contribution in [0.2, 0.25) is 0 Å². The molecule has 4 rings (SSSR count). The number of anilines is 1. The molecular formula is C18H15F2N5O2. The minimum Gasteiger partial charge on any atom is -0.497 e. The first-order valence-corrected chi connectivity index (χ1v) is 8.10. The normalized spacial score (nSPS) is 15.7. The predicted octanol–water partition coefficient (Wildman–Crippen LogP) is 3.34. The maximum Gasteiger partial charge on any atom is 0.387 e. The van der Waals surface area contributed by atoms with Crippen molar-refractivity contribution in [3.8, 4) is 11.5 Å². The van der Waals surface area contributed by atoms with E-state index in [9.17, 15) is 8.78 Å². The molecule has 1 aromatic heterocycles. The van der Waals surface area contributed by atoms with Gasteiger partial charge in [-0.15, -0.1) is 0 Å². The number of halogens is 2. The number of methoxy groups -OCH3 is 1. The Bertz CT molecular complexity index is 955. The summed E-state index contributed by atoms with van der Waals surface area (Å²) in [5.41, 5.74) is 2.53. The second-order valence-corrected chi connectivity index (χ2v) is 5.77. The molecule has 0 saturated carbocycles. The van der Waals surface area contributed by atoms with Gasteiger partial charge in [0, 0.05) is 5.70 Å². The number of nitrogens with zero attached hydrogens (tertiary/aromatic N) is 4. The molecule has 27 heavy (non-hydrogen) atoms. The third-order valence-corrected chi connectivity index (χ3v) is 4.18. The number of tetrazole rings is 1. The third kappa shape index (κ3) is 3.43. The fourth-order valence-electron chi connectivity index (χ4n) is 2.88. The van der Waals surface area contributed by atoms with E-state index in [0.29, 0.717) is 5.95 Å². The van der Waals surface area contributed by atoms with E-state index in [2.05, 4.69) is 25.6 Å². The van der Waals surface area contributed by atoms with Crippen molar-refractivity contribution in [1.82, 2.24) is 20.2 Å². The highest BCUT2D eigenvalue weighted by Crippen LogP contribution is 2.32. The summed E-state index contributed by atoms with van der Waals surface area (Å²) in [6.07, 6.45) is 1.97. The number of hydrogen-bond donors (Lipinski definition) is 1. The van der Waals surface area contributed by atoms with Crippen LogP contribution in [0.4, 0.5) is 14.7 Å². The van der Waals surface area contributed by atoms with Gasteiger partial charge in [-0.05, 0) is 64.0 Å². The Morgan fingerprint density at radius 2 is 1.74 bits per heavy atom. The maximum atomic E-state index is 12.3. The summed E-state index contributed by atoms with van der Waals surface area (Å²) in [6.45, 7) is -2.85. The Morgan fingerprint density at radius 1 is 1.04 bits per heavy atom. The lowest BCUT2D eigenvalue weighted by Crippen LogP contribution is -2.20.